The van der Waals surface area contributed by atoms with Gasteiger partial charge >= 0.3 is 0 Å². The van der Waals surface area contributed by atoms with Crippen LogP contribution in [0.5, 0.6) is 0 Å². The van der Waals surface area contributed by atoms with E-state index in [4.69, 9.17) is 0 Å². The van der Waals surface area contributed by atoms with Crippen molar-refractivity contribution in [1.29, 1.82) is 0 Å². The van der Waals surface area contributed by atoms with E-state index in [1.165, 1.54) is 0 Å². The lowest BCUT2D eigenvalue weighted by Gasteiger charge is -2.29. The van der Waals surface area contributed by atoms with E-state index in [9.17, 15) is 4.79 Å². The second-order valence-corrected chi connectivity index (χ2v) is 2.88. The van der Waals surface area contributed by atoms with Crippen LogP contribution in [0.25, 0.3) is 0 Å². The summed E-state index contributed by atoms with van der Waals surface area (Å²) >= 11 is 3.21. The van der Waals surface area contributed by atoms with Crippen molar-refractivity contribution in [3.05, 3.63) is 12.2 Å². The first-order valence-corrected chi connectivity index (χ1v) is 4.48. The van der Waals surface area contributed by atoms with Gasteiger partial charge in [0.1, 0.15) is 0 Å². The highest BCUT2D eigenvalue weighted by molar-refractivity contribution is 9.09. The first-order chi connectivity index (χ1) is 4.84. The van der Waals surface area contributed by atoms with Crippen molar-refractivity contribution in [2.45, 2.75) is 6.42 Å². The average molecular weight is 204 g/mol. The Morgan fingerprint density at radius 3 is 2.70 bits per heavy atom. The molecule has 0 unspecified atom stereocenters. The van der Waals surface area contributed by atoms with Gasteiger partial charge in [0.05, 0.1) is 0 Å². The lowest BCUT2D eigenvalue weighted by molar-refractivity contribution is -0.129. The number of likely N-dealkylation sites (tertiary alicyclic amines) is 1. The van der Waals surface area contributed by atoms with Gasteiger partial charge in [0.15, 0.2) is 0 Å². The van der Waals surface area contributed by atoms with Crippen LogP contribution in [-0.4, -0.2) is 29.2 Å². The van der Waals surface area contributed by atoms with Gasteiger partial charge in [-0.2, -0.15) is 0 Å². The average Bonchev–Trinajstić information content (AvgIpc) is 1.79. The van der Waals surface area contributed by atoms with Crippen molar-refractivity contribution >= 4 is 21.8 Å². The molecule has 1 heterocycles. The van der Waals surface area contributed by atoms with Crippen molar-refractivity contribution in [2.24, 2.45) is 0 Å². The predicted molar refractivity (Wildman–Crippen MR) is 44.1 cm³/mol. The van der Waals surface area contributed by atoms with Crippen molar-refractivity contribution in [3.63, 3.8) is 0 Å². The van der Waals surface area contributed by atoms with Gasteiger partial charge in [-0.1, -0.05) is 22.0 Å². The molecule has 2 nitrogen and oxygen atoms in total. The Bertz CT molecular complexity index is 152. The van der Waals surface area contributed by atoms with Crippen LogP contribution in [0.3, 0.4) is 0 Å². The Kier molecular flexibility index (Phi) is 2.93. The molecule has 0 spiro atoms. The molecule has 0 bridgehead atoms. The van der Waals surface area contributed by atoms with Gasteiger partial charge < -0.3 is 4.90 Å². The van der Waals surface area contributed by atoms with Crippen LogP contribution >= 0.6 is 15.9 Å². The van der Waals surface area contributed by atoms with Gasteiger partial charge in [-0.3, -0.25) is 4.79 Å². The maximum Gasteiger partial charge on any atom is 0.246 e. The topological polar surface area (TPSA) is 20.3 Å². The summed E-state index contributed by atoms with van der Waals surface area (Å²) in [6.07, 6.45) is 4.60. The number of allylic oxidation sites excluding steroid dienone is 1. The summed E-state index contributed by atoms with van der Waals surface area (Å²) in [5.41, 5.74) is 0. The van der Waals surface area contributed by atoms with Gasteiger partial charge in [-0.05, 0) is 12.5 Å². The molecule has 0 aromatic heterocycles. The number of carbonyl (C=O) groups excluding carboxylic acids is 1. The molecule has 0 N–H and O–H groups in total. The molecular formula is C7H10BrNO. The van der Waals surface area contributed by atoms with Crippen molar-refractivity contribution in [1.82, 2.24) is 4.90 Å². The van der Waals surface area contributed by atoms with E-state index in [1.54, 1.807) is 6.08 Å². The van der Waals surface area contributed by atoms with Crippen molar-refractivity contribution in [2.75, 3.05) is 18.4 Å². The molecule has 56 valence electrons. The highest BCUT2D eigenvalue weighted by atomic mass is 79.9. The fourth-order valence-corrected chi connectivity index (χ4v) is 0.974. The third kappa shape index (κ3) is 1.84. The van der Waals surface area contributed by atoms with Crippen molar-refractivity contribution in [3.8, 4) is 0 Å². The molecule has 3 heteroatoms. The second-order valence-electron chi connectivity index (χ2n) is 2.24. The second kappa shape index (κ2) is 3.76. The molecule has 0 aliphatic carbocycles. The minimum atomic E-state index is 0.144. The summed E-state index contributed by atoms with van der Waals surface area (Å²) < 4.78 is 0. The molecule has 0 atom stereocenters. The predicted octanol–water partition coefficient (Wildman–Crippen LogP) is 1.17. The Balaban J connectivity index is 2.26. The first kappa shape index (κ1) is 7.79. The zero-order valence-electron chi connectivity index (χ0n) is 5.72. The molecule has 0 radical (unpaired) electrons. The van der Waals surface area contributed by atoms with Crippen LogP contribution in [-0.2, 0) is 4.79 Å². The number of hydrogen-bond acceptors (Lipinski definition) is 1. The number of nitrogens with zero attached hydrogens (tertiary/aromatic N) is 1. The van der Waals surface area contributed by atoms with E-state index in [0.717, 1.165) is 24.8 Å². The van der Waals surface area contributed by atoms with Gasteiger partial charge in [0.25, 0.3) is 0 Å². The number of amides is 1. The normalized spacial score (nSPS) is 17.5. The standard InChI is InChI=1S/C7H10BrNO/c8-4-1-3-7(10)9-5-2-6-9/h1,3H,2,4-6H2/b3-1+. The summed E-state index contributed by atoms with van der Waals surface area (Å²) in [5.74, 6) is 0.144. The lowest BCUT2D eigenvalue weighted by Crippen LogP contribution is -2.41. The van der Waals surface area contributed by atoms with Gasteiger partial charge in [-0.25, -0.2) is 0 Å². The molecule has 1 aliphatic heterocycles. The largest absolute Gasteiger partial charge is 0.339 e. The number of rotatable bonds is 2. The molecule has 0 saturated carbocycles. The molecule has 1 rings (SSSR count). The lowest BCUT2D eigenvalue weighted by atomic mass is 10.2. The Morgan fingerprint density at radius 1 is 1.60 bits per heavy atom. The minimum absolute atomic E-state index is 0.144. The first-order valence-electron chi connectivity index (χ1n) is 3.36. The van der Waals surface area contributed by atoms with E-state index >= 15 is 0 Å². The smallest absolute Gasteiger partial charge is 0.246 e. The fraction of sp³-hybridized carbons (Fsp3) is 0.571. The number of carbonyl (C=O) groups is 1. The van der Waals surface area contributed by atoms with Crippen LogP contribution < -0.4 is 0 Å². The Morgan fingerprint density at radius 2 is 2.30 bits per heavy atom. The van der Waals surface area contributed by atoms with E-state index in [0.29, 0.717) is 0 Å². The summed E-state index contributed by atoms with van der Waals surface area (Å²) in [6.45, 7) is 1.87. The quantitative estimate of drug-likeness (QED) is 0.488. The molecule has 10 heavy (non-hydrogen) atoms. The maximum absolute atomic E-state index is 11.0. The molecule has 0 aromatic carbocycles. The maximum atomic E-state index is 11.0. The molecule has 1 fully saturated rings. The van der Waals surface area contributed by atoms with E-state index in [-0.39, 0.29) is 5.91 Å². The van der Waals surface area contributed by atoms with E-state index in [1.807, 2.05) is 11.0 Å². The van der Waals surface area contributed by atoms with Crippen LogP contribution in [0, 0.1) is 0 Å². The Labute approximate surface area is 69.0 Å². The third-order valence-corrected chi connectivity index (χ3v) is 1.89. The monoisotopic (exact) mass is 203 g/mol. The van der Waals surface area contributed by atoms with Crippen LogP contribution in [0.4, 0.5) is 0 Å². The minimum Gasteiger partial charge on any atom is -0.339 e. The van der Waals surface area contributed by atoms with E-state index < -0.39 is 0 Å². The van der Waals surface area contributed by atoms with Gasteiger partial charge in [0, 0.05) is 18.4 Å². The van der Waals surface area contributed by atoms with Crippen LogP contribution in [0.2, 0.25) is 0 Å². The molecule has 1 aliphatic rings. The molecule has 1 saturated heterocycles. The highest BCUT2D eigenvalue weighted by Crippen LogP contribution is 2.05. The Hall–Kier alpha value is -0.310. The zero-order valence-corrected chi connectivity index (χ0v) is 7.30. The SMILES string of the molecule is O=C(/C=C/CBr)N1CCC1. The third-order valence-electron chi connectivity index (χ3n) is 1.52. The fourth-order valence-electron chi connectivity index (χ4n) is 0.787. The van der Waals surface area contributed by atoms with Crippen molar-refractivity contribution < 1.29 is 4.79 Å². The summed E-state index contributed by atoms with van der Waals surface area (Å²) in [7, 11) is 0. The van der Waals surface area contributed by atoms with Gasteiger partial charge in [-0.15, -0.1) is 0 Å². The number of hydrogen-bond donors (Lipinski definition) is 0. The van der Waals surface area contributed by atoms with Crippen LogP contribution in [0.1, 0.15) is 6.42 Å². The number of alkyl halides is 1. The zero-order chi connectivity index (χ0) is 7.40. The molecule has 1 amide bonds. The highest BCUT2D eigenvalue weighted by Gasteiger charge is 2.16. The summed E-state index contributed by atoms with van der Waals surface area (Å²) in [6, 6.07) is 0. The number of halogens is 1. The molecule has 0 aromatic rings. The van der Waals surface area contributed by atoms with Gasteiger partial charge in [0.2, 0.25) is 5.91 Å². The molecular weight excluding hydrogens is 194 g/mol. The summed E-state index contributed by atoms with van der Waals surface area (Å²) in [4.78, 5) is 12.8. The van der Waals surface area contributed by atoms with Crippen LogP contribution in [0.15, 0.2) is 12.2 Å². The van der Waals surface area contributed by atoms with E-state index in [2.05, 4.69) is 15.9 Å². The summed E-state index contributed by atoms with van der Waals surface area (Å²) in [5, 5.41) is 0.757.